The average Bonchev–Trinajstić information content (AvgIpc) is 3.06. The zero-order valence-electron chi connectivity index (χ0n) is 14.0. The first-order valence-electron chi connectivity index (χ1n) is 8.80. The van der Waals surface area contributed by atoms with Gasteiger partial charge in [0.2, 0.25) is 11.8 Å². The molecule has 2 aliphatic heterocycles. The van der Waals surface area contributed by atoms with Crippen molar-refractivity contribution in [1.82, 2.24) is 16.0 Å². The van der Waals surface area contributed by atoms with Crippen LogP contribution >= 0.6 is 11.8 Å². The van der Waals surface area contributed by atoms with Crippen molar-refractivity contribution in [3.8, 4) is 0 Å². The van der Waals surface area contributed by atoms with Crippen LogP contribution in [0.25, 0.3) is 0 Å². The van der Waals surface area contributed by atoms with E-state index in [0.29, 0.717) is 24.6 Å². The second kappa shape index (κ2) is 9.76. The fraction of sp³-hybridized carbons (Fsp3) is 0.812. The zero-order chi connectivity index (χ0) is 17.4. The zero-order valence-corrected chi connectivity index (χ0v) is 14.8. The SMILES string of the molecule is NC(=O)CCCCCNC(=O)CCCCC1SCC2NC(=O)NC21. The molecule has 7 nitrogen and oxygen atoms in total. The molecule has 2 rings (SSSR count). The molecule has 0 aliphatic carbocycles. The molecule has 2 aliphatic rings. The van der Waals surface area contributed by atoms with Crippen molar-refractivity contribution in [3.63, 3.8) is 0 Å². The summed E-state index contributed by atoms with van der Waals surface area (Å²) < 4.78 is 0. The summed E-state index contributed by atoms with van der Waals surface area (Å²) in [5.74, 6) is 0.807. The normalized spacial score (nSPS) is 25.0. The number of urea groups is 1. The second-order valence-electron chi connectivity index (χ2n) is 6.49. The molecule has 0 spiro atoms. The van der Waals surface area contributed by atoms with E-state index in [-0.39, 0.29) is 29.9 Å². The second-order valence-corrected chi connectivity index (χ2v) is 7.77. The molecule has 4 amide bonds. The van der Waals surface area contributed by atoms with Gasteiger partial charge in [-0.2, -0.15) is 11.8 Å². The van der Waals surface area contributed by atoms with Gasteiger partial charge in [-0.3, -0.25) is 9.59 Å². The van der Waals surface area contributed by atoms with Crippen molar-refractivity contribution in [1.29, 1.82) is 0 Å². The molecule has 8 heteroatoms. The lowest BCUT2D eigenvalue weighted by Gasteiger charge is -2.16. The van der Waals surface area contributed by atoms with Crippen molar-refractivity contribution in [2.24, 2.45) is 5.73 Å². The Labute approximate surface area is 147 Å². The lowest BCUT2D eigenvalue weighted by molar-refractivity contribution is -0.121. The summed E-state index contributed by atoms with van der Waals surface area (Å²) in [6.07, 6.45) is 6.47. The smallest absolute Gasteiger partial charge is 0.315 e. The first-order valence-corrected chi connectivity index (χ1v) is 9.85. The predicted octanol–water partition coefficient (Wildman–Crippen LogP) is 0.874. The van der Waals surface area contributed by atoms with E-state index in [1.165, 1.54) is 0 Å². The summed E-state index contributed by atoms with van der Waals surface area (Å²) >= 11 is 1.91. The van der Waals surface area contributed by atoms with Crippen molar-refractivity contribution < 1.29 is 14.4 Å². The van der Waals surface area contributed by atoms with Gasteiger partial charge in [-0.05, 0) is 25.7 Å². The fourth-order valence-corrected chi connectivity index (χ4v) is 4.73. The first kappa shape index (κ1) is 18.9. The van der Waals surface area contributed by atoms with Crippen LogP contribution in [0.3, 0.4) is 0 Å². The number of nitrogens with two attached hydrogens (primary N) is 1. The van der Waals surface area contributed by atoms with Gasteiger partial charge in [0.25, 0.3) is 0 Å². The van der Waals surface area contributed by atoms with Gasteiger partial charge in [-0.15, -0.1) is 0 Å². The molecule has 24 heavy (non-hydrogen) atoms. The minimum atomic E-state index is -0.265. The van der Waals surface area contributed by atoms with Gasteiger partial charge in [0.1, 0.15) is 0 Å². The predicted molar refractivity (Wildman–Crippen MR) is 94.6 cm³/mol. The number of hydrogen-bond acceptors (Lipinski definition) is 4. The highest BCUT2D eigenvalue weighted by atomic mass is 32.2. The maximum Gasteiger partial charge on any atom is 0.315 e. The van der Waals surface area contributed by atoms with Crippen LogP contribution in [0.5, 0.6) is 0 Å². The summed E-state index contributed by atoms with van der Waals surface area (Å²) in [5, 5.41) is 9.30. The summed E-state index contributed by atoms with van der Waals surface area (Å²) in [7, 11) is 0. The van der Waals surface area contributed by atoms with E-state index >= 15 is 0 Å². The van der Waals surface area contributed by atoms with Crippen molar-refractivity contribution in [2.45, 2.75) is 68.7 Å². The van der Waals surface area contributed by atoms with E-state index in [2.05, 4.69) is 16.0 Å². The van der Waals surface area contributed by atoms with Crippen LogP contribution in [0.15, 0.2) is 0 Å². The monoisotopic (exact) mass is 356 g/mol. The Hall–Kier alpha value is -1.44. The van der Waals surface area contributed by atoms with E-state index in [1.54, 1.807) is 0 Å². The maximum atomic E-state index is 11.7. The van der Waals surface area contributed by atoms with Gasteiger partial charge in [0, 0.05) is 30.4 Å². The number of amides is 4. The molecule has 3 atom stereocenters. The van der Waals surface area contributed by atoms with E-state index < -0.39 is 0 Å². The Bertz CT molecular complexity index is 461. The highest BCUT2D eigenvalue weighted by Gasteiger charge is 2.42. The van der Waals surface area contributed by atoms with Gasteiger partial charge >= 0.3 is 6.03 Å². The van der Waals surface area contributed by atoms with Crippen molar-refractivity contribution >= 4 is 29.6 Å². The molecule has 2 fully saturated rings. The topological polar surface area (TPSA) is 113 Å². The van der Waals surface area contributed by atoms with Crippen LogP contribution < -0.4 is 21.7 Å². The van der Waals surface area contributed by atoms with E-state index in [1.807, 2.05) is 11.8 Å². The number of primary amides is 1. The number of hydrogen-bond donors (Lipinski definition) is 4. The third-order valence-electron chi connectivity index (χ3n) is 4.50. The van der Waals surface area contributed by atoms with Crippen molar-refractivity contribution in [3.05, 3.63) is 0 Å². The summed E-state index contributed by atoms with van der Waals surface area (Å²) in [6, 6.07) is 0.465. The third-order valence-corrected chi connectivity index (χ3v) is 6.01. The average molecular weight is 356 g/mol. The van der Waals surface area contributed by atoms with Gasteiger partial charge in [-0.25, -0.2) is 4.79 Å². The minimum absolute atomic E-state index is 0.0505. The van der Waals surface area contributed by atoms with Crippen molar-refractivity contribution in [2.75, 3.05) is 12.3 Å². The number of carbonyl (C=O) groups is 3. The third kappa shape index (κ3) is 6.22. The summed E-state index contributed by atoms with van der Waals surface area (Å²) in [5.41, 5.74) is 5.07. The molecule has 0 aromatic carbocycles. The van der Waals surface area contributed by atoms with E-state index in [9.17, 15) is 14.4 Å². The molecule has 3 unspecified atom stereocenters. The molecule has 0 aromatic heterocycles. The molecule has 2 saturated heterocycles. The molecule has 2 heterocycles. The van der Waals surface area contributed by atoms with Crippen LogP contribution in [0, 0.1) is 0 Å². The summed E-state index contributed by atoms with van der Waals surface area (Å²) in [6.45, 7) is 0.664. The summed E-state index contributed by atoms with van der Waals surface area (Å²) in [4.78, 5) is 33.6. The quantitative estimate of drug-likeness (QED) is 0.325. The Kier molecular flexibility index (Phi) is 7.68. The number of thioether (sulfide) groups is 1. The number of rotatable bonds is 11. The van der Waals surface area contributed by atoms with E-state index in [4.69, 9.17) is 5.73 Å². The molecular formula is C16H28N4O3S. The lowest BCUT2D eigenvalue weighted by Crippen LogP contribution is -2.36. The van der Waals surface area contributed by atoms with Crippen LogP contribution in [0.1, 0.15) is 51.4 Å². The number of carbonyl (C=O) groups excluding carboxylic acids is 3. The van der Waals surface area contributed by atoms with Gasteiger partial charge < -0.3 is 21.7 Å². The van der Waals surface area contributed by atoms with E-state index in [0.717, 1.165) is 44.3 Å². The number of fused-ring (bicyclic) bond motifs is 1. The van der Waals surface area contributed by atoms with Crippen LogP contribution in [0.4, 0.5) is 4.79 Å². The largest absolute Gasteiger partial charge is 0.370 e. The lowest BCUT2D eigenvalue weighted by atomic mass is 10.0. The maximum absolute atomic E-state index is 11.7. The number of unbranched alkanes of at least 4 members (excludes halogenated alkanes) is 3. The number of nitrogens with one attached hydrogen (secondary N) is 3. The van der Waals surface area contributed by atoms with Crippen LogP contribution in [0.2, 0.25) is 0 Å². The Balaban J connectivity index is 1.45. The molecular weight excluding hydrogens is 328 g/mol. The molecule has 0 saturated carbocycles. The Morgan fingerprint density at radius 2 is 1.92 bits per heavy atom. The van der Waals surface area contributed by atoms with Crippen LogP contribution in [-0.4, -0.2) is 47.5 Å². The Morgan fingerprint density at radius 1 is 1.12 bits per heavy atom. The highest BCUT2D eigenvalue weighted by Crippen LogP contribution is 2.33. The molecule has 136 valence electrons. The molecule has 5 N–H and O–H groups in total. The standard InChI is InChI=1S/C16H28N4O3S/c17-13(21)7-2-1-5-9-18-14(22)8-4-3-6-12-15-11(10-24-12)19-16(23)20-15/h11-12,15H,1-10H2,(H2,17,21)(H,18,22)(H2,19,20,23). The van der Waals surface area contributed by atoms with Gasteiger partial charge in [0.05, 0.1) is 12.1 Å². The molecule has 0 bridgehead atoms. The molecule has 0 radical (unpaired) electrons. The minimum Gasteiger partial charge on any atom is -0.370 e. The fourth-order valence-electron chi connectivity index (χ4n) is 3.19. The van der Waals surface area contributed by atoms with Crippen LogP contribution in [-0.2, 0) is 9.59 Å². The first-order chi connectivity index (χ1) is 11.6. The highest BCUT2D eigenvalue weighted by molar-refractivity contribution is 8.00. The van der Waals surface area contributed by atoms with Gasteiger partial charge in [-0.1, -0.05) is 12.8 Å². The van der Waals surface area contributed by atoms with Gasteiger partial charge in [0.15, 0.2) is 0 Å². The Morgan fingerprint density at radius 3 is 2.71 bits per heavy atom. The molecule has 0 aromatic rings.